The van der Waals surface area contributed by atoms with Crippen LogP contribution in [0, 0.1) is 0 Å². The van der Waals surface area contributed by atoms with E-state index in [9.17, 15) is 4.79 Å². The topological polar surface area (TPSA) is 39.2 Å². The fraction of sp³-hybridized carbons (Fsp3) is 0.333. The summed E-state index contributed by atoms with van der Waals surface area (Å²) < 4.78 is 5.28. The van der Waals surface area contributed by atoms with Gasteiger partial charge >= 0.3 is 5.97 Å². The quantitative estimate of drug-likeness (QED) is 0.732. The van der Waals surface area contributed by atoms with E-state index in [-0.39, 0.29) is 5.97 Å². The van der Waals surface area contributed by atoms with Crippen molar-refractivity contribution in [2.24, 2.45) is 0 Å². The van der Waals surface area contributed by atoms with Crippen LogP contribution in [0.2, 0.25) is 0 Å². The maximum absolute atomic E-state index is 10.7. The molecule has 0 aliphatic rings. The Morgan fingerprint density at radius 2 is 2.64 bits per heavy atom. The van der Waals surface area contributed by atoms with Crippen LogP contribution in [-0.2, 0) is 16.0 Å². The fourth-order valence-corrected chi connectivity index (χ4v) is 1.92. The molecule has 1 aromatic heterocycles. The third kappa shape index (κ3) is 2.59. The van der Waals surface area contributed by atoms with Gasteiger partial charge in [-0.25, -0.2) is 4.98 Å². The van der Waals surface area contributed by atoms with Crippen LogP contribution in [-0.4, -0.2) is 18.1 Å². The lowest BCUT2D eigenvalue weighted by molar-refractivity contribution is -0.139. The molecule has 0 unspecified atom stereocenters. The molecule has 0 radical (unpaired) electrons. The van der Waals surface area contributed by atoms with Crippen LogP contribution < -0.4 is 0 Å². The maximum atomic E-state index is 10.7. The van der Waals surface area contributed by atoms with Crippen molar-refractivity contribution >= 4 is 33.2 Å². The highest BCUT2D eigenvalue weighted by Gasteiger charge is 2.05. The lowest BCUT2D eigenvalue weighted by Crippen LogP contribution is -2.02. The van der Waals surface area contributed by atoms with Crippen molar-refractivity contribution in [1.29, 1.82) is 0 Å². The average molecular weight is 236 g/mol. The van der Waals surface area contributed by atoms with E-state index in [0.717, 1.165) is 8.79 Å². The Hall–Kier alpha value is -0.420. The van der Waals surface area contributed by atoms with Crippen molar-refractivity contribution in [3.05, 3.63) is 15.0 Å². The highest BCUT2D eigenvalue weighted by Crippen LogP contribution is 2.18. The molecule has 60 valence electrons. The summed E-state index contributed by atoms with van der Waals surface area (Å²) in [4.78, 5) is 15.6. The van der Waals surface area contributed by atoms with Crippen molar-refractivity contribution in [3.63, 3.8) is 0 Å². The molecule has 1 heterocycles. The van der Waals surface area contributed by atoms with Crippen LogP contribution in [0.4, 0.5) is 0 Å². The molecule has 0 bridgehead atoms. The molecule has 0 aliphatic heterocycles. The Morgan fingerprint density at radius 3 is 3.09 bits per heavy atom. The molecule has 3 nitrogen and oxygen atoms in total. The number of hydrogen-bond acceptors (Lipinski definition) is 4. The summed E-state index contributed by atoms with van der Waals surface area (Å²) in [6, 6.07) is 0. The van der Waals surface area contributed by atoms with Gasteiger partial charge in [0.1, 0.15) is 0 Å². The van der Waals surface area contributed by atoms with Crippen LogP contribution in [0.1, 0.15) is 4.88 Å². The first-order valence-corrected chi connectivity index (χ1v) is 4.50. The van der Waals surface area contributed by atoms with Crippen LogP contribution in [0.25, 0.3) is 0 Å². The zero-order valence-corrected chi connectivity index (χ0v) is 8.24. The predicted octanol–water partition coefficient (Wildman–Crippen LogP) is 1.62. The zero-order valence-electron chi connectivity index (χ0n) is 5.83. The molecule has 0 N–H and O–H groups in total. The van der Waals surface area contributed by atoms with Crippen LogP contribution >= 0.6 is 27.3 Å². The molecule has 5 heteroatoms. The first kappa shape index (κ1) is 8.67. The molecular weight excluding hydrogens is 230 g/mol. The number of methoxy groups -OCH3 is 1. The summed E-state index contributed by atoms with van der Waals surface area (Å²) in [5.41, 5.74) is 0. The van der Waals surface area contributed by atoms with Crippen LogP contribution in [0.15, 0.2) is 10.1 Å². The number of rotatable bonds is 2. The Bertz CT molecular complexity index is 261. The molecule has 0 aromatic carbocycles. The molecule has 0 saturated heterocycles. The van der Waals surface area contributed by atoms with E-state index in [1.807, 2.05) is 0 Å². The van der Waals surface area contributed by atoms with E-state index in [1.54, 1.807) is 6.20 Å². The number of ether oxygens (including phenoxy) is 1. The second kappa shape index (κ2) is 3.82. The standard InChI is InChI=1S/C6H6BrNO2S/c1-10-5(9)2-4-3-8-6(7)11-4/h3H,2H2,1H3. The van der Waals surface area contributed by atoms with Gasteiger partial charge in [0.05, 0.1) is 13.5 Å². The van der Waals surface area contributed by atoms with E-state index < -0.39 is 0 Å². The minimum Gasteiger partial charge on any atom is -0.469 e. The third-order valence-electron chi connectivity index (χ3n) is 1.07. The van der Waals surface area contributed by atoms with Gasteiger partial charge in [0.2, 0.25) is 0 Å². The van der Waals surface area contributed by atoms with Crippen LogP contribution in [0.5, 0.6) is 0 Å². The SMILES string of the molecule is COC(=O)Cc1cnc(Br)s1. The number of thiazole rings is 1. The minimum absolute atomic E-state index is 0.235. The minimum atomic E-state index is -0.235. The number of aromatic nitrogens is 1. The molecular formula is C6H6BrNO2S. The lowest BCUT2D eigenvalue weighted by atomic mass is 10.4. The number of hydrogen-bond donors (Lipinski definition) is 0. The van der Waals surface area contributed by atoms with Crippen molar-refractivity contribution in [2.75, 3.05) is 7.11 Å². The second-order valence-corrected chi connectivity index (χ2v) is 4.22. The van der Waals surface area contributed by atoms with E-state index in [2.05, 4.69) is 25.7 Å². The molecule has 0 atom stereocenters. The highest BCUT2D eigenvalue weighted by atomic mass is 79.9. The van der Waals surface area contributed by atoms with Gasteiger partial charge in [-0.3, -0.25) is 4.79 Å². The van der Waals surface area contributed by atoms with Crippen molar-refractivity contribution in [2.45, 2.75) is 6.42 Å². The number of nitrogens with zero attached hydrogens (tertiary/aromatic N) is 1. The zero-order chi connectivity index (χ0) is 8.27. The van der Waals surface area contributed by atoms with E-state index in [0.29, 0.717) is 6.42 Å². The molecule has 1 rings (SSSR count). The maximum Gasteiger partial charge on any atom is 0.310 e. The molecule has 0 saturated carbocycles. The summed E-state index contributed by atoms with van der Waals surface area (Å²) in [6.45, 7) is 0. The molecule has 0 aliphatic carbocycles. The van der Waals surface area contributed by atoms with Crippen molar-refractivity contribution < 1.29 is 9.53 Å². The summed E-state index contributed by atoms with van der Waals surface area (Å²) in [5, 5.41) is 0. The third-order valence-corrected chi connectivity index (χ3v) is 2.55. The smallest absolute Gasteiger partial charge is 0.310 e. The average Bonchev–Trinajstić information content (AvgIpc) is 2.35. The Kier molecular flexibility index (Phi) is 3.02. The Morgan fingerprint density at radius 1 is 1.91 bits per heavy atom. The number of carbonyl (C=O) groups is 1. The van der Waals surface area contributed by atoms with Crippen LogP contribution in [0.3, 0.4) is 0 Å². The first-order valence-electron chi connectivity index (χ1n) is 2.89. The van der Waals surface area contributed by atoms with Gasteiger partial charge in [0, 0.05) is 11.1 Å². The summed E-state index contributed by atoms with van der Waals surface area (Å²) in [7, 11) is 1.37. The number of esters is 1. The lowest BCUT2D eigenvalue weighted by Gasteiger charge is -1.92. The van der Waals surface area contributed by atoms with E-state index in [1.165, 1.54) is 18.4 Å². The van der Waals surface area contributed by atoms with E-state index >= 15 is 0 Å². The molecule has 1 aromatic rings. The Labute approximate surface area is 76.5 Å². The van der Waals surface area contributed by atoms with Gasteiger partial charge in [0.15, 0.2) is 3.92 Å². The van der Waals surface area contributed by atoms with Gasteiger partial charge in [-0.05, 0) is 15.9 Å². The summed E-state index contributed by atoms with van der Waals surface area (Å²) in [6.07, 6.45) is 1.96. The largest absolute Gasteiger partial charge is 0.469 e. The molecule has 11 heavy (non-hydrogen) atoms. The normalized spacial score (nSPS) is 9.64. The predicted molar refractivity (Wildman–Crippen MR) is 45.5 cm³/mol. The van der Waals surface area contributed by atoms with Crippen molar-refractivity contribution in [1.82, 2.24) is 4.98 Å². The molecule has 0 spiro atoms. The monoisotopic (exact) mass is 235 g/mol. The number of halogens is 1. The number of carbonyl (C=O) groups excluding carboxylic acids is 1. The highest BCUT2D eigenvalue weighted by molar-refractivity contribution is 9.11. The van der Waals surface area contributed by atoms with Gasteiger partial charge in [-0.15, -0.1) is 11.3 Å². The fourth-order valence-electron chi connectivity index (χ4n) is 0.580. The summed E-state index contributed by atoms with van der Waals surface area (Å²) >= 11 is 4.64. The molecule has 0 fully saturated rings. The van der Waals surface area contributed by atoms with Gasteiger partial charge in [-0.1, -0.05) is 0 Å². The first-order chi connectivity index (χ1) is 5.22. The van der Waals surface area contributed by atoms with Gasteiger partial charge in [0.25, 0.3) is 0 Å². The van der Waals surface area contributed by atoms with Crippen molar-refractivity contribution in [3.8, 4) is 0 Å². The van der Waals surface area contributed by atoms with Gasteiger partial charge < -0.3 is 4.74 Å². The van der Waals surface area contributed by atoms with Gasteiger partial charge in [-0.2, -0.15) is 0 Å². The van der Waals surface area contributed by atoms with E-state index in [4.69, 9.17) is 0 Å². The second-order valence-electron chi connectivity index (χ2n) is 1.83. The summed E-state index contributed by atoms with van der Waals surface area (Å²) in [5.74, 6) is -0.235. The Balaban J connectivity index is 2.57. The molecule has 0 amide bonds.